The highest BCUT2D eigenvalue weighted by Gasteiger charge is 1.86. The quantitative estimate of drug-likeness (QED) is 0.557. The van der Waals surface area contributed by atoms with Crippen LogP contribution in [0.5, 0.6) is 0 Å². The van der Waals surface area contributed by atoms with Crippen molar-refractivity contribution in [3.05, 3.63) is 12.2 Å². The maximum atomic E-state index is 9.68. The minimum Gasteiger partial charge on any atom is -0.481 e. The molecular weight excluding hydrogens is 92.1 g/mol. The lowest BCUT2D eigenvalue weighted by atomic mass is 10.4. The first kappa shape index (κ1) is 6.21. The van der Waals surface area contributed by atoms with Gasteiger partial charge in [-0.3, -0.25) is 4.79 Å². The Bertz CT molecular complexity index is 84.1. The lowest BCUT2D eigenvalue weighted by Gasteiger charge is -1.76. The summed E-state index contributed by atoms with van der Waals surface area (Å²) in [4.78, 5) is 9.68. The van der Waals surface area contributed by atoms with Crippen molar-refractivity contribution in [2.75, 3.05) is 0 Å². The number of carboxylic acid groups (broad SMARTS) is 1. The molecule has 0 atom stereocenters. The Labute approximate surface area is 42.5 Å². The summed E-state index contributed by atoms with van der Waals surface area (Å²) >= 11 is 0. The van der Waals surface area contributed by atoms with Crippen LogP contribution in [-0.2, 0) is 4.79 Å². The summed E-state index contributed by atoms with van der Waals surface area (Å²) in [6.45, 7) is 1.74. The molecule has 0 rings (SSSR count). The highest BCUT2D eigenvalue weighted by Crippen LogP contribution is 1.77. The fraction of sp³-hybridized carbons (Fsp3) is 0.400. The van der Waals surface area contributed by atoms with Crippen molar-refractivity contribution in [3.63, 3.8) is 0 Å². The third-order valence-corrected chi connectivity index (χ3v) is 0.457. The minimum atomic E-state index is -0.835. The fourth-order valence-electron chi connectivity index (χ4n) is 0.189. The summed E-state index contributed by atoms with van der Waals surface area (Å²) < 4.78 is 0. The van der Waals surface area contributed by atoms with Gasteiger partial charge in [0.1, 0.15) is 0 Å². The molecule has 0 bridgehead atoms. The summed E-state index contributed by atoms with van der Waals surface area (Å²) in [5, 5.41) is 7.96. The first-order valence-electron chi connectivity index (χ1n) is 2.00. The predicted molar refractivity (Wildman–Crippen MR) is 25.7 cm³/mol. The van der Waals surface area contributed by atoms with E-state index in [0.29, 0.717) is 0 Å². The van der Waals surface area contributed by atoms with E-state index in [1.54, 1.807) is 13.0 Å². The zero-order valence-electron chi connectivity index (χ0n) is 4.14. The number of carbonyl (C=O) groups is 1. The number of hydrogen-bond acceptors (Lipinski definition) is 1. The molecule has 0 aliphatic heterocycles. The molecule has 0 aromatic heterocycles. The molecule has 0 heterocycles. The van der Waals surface area contributed by atoms with Gasteiger partial charge in [-0.15, -0.1) is 0 Å². The first-order chi connectivity index (χ1) is 3.27. The number of hydrogen-bond donors (Lipinski definition) is 1. The largest absolute Gasteiger partial charge is 0.481 e. The van der Waals surface area contributed by atoms with Crippen molar-refractivity contribution in [1.82, 2.24) is 0 Å². The fourth-order valence-corrected chi connectivity index (χ4v) is 0.189. The zero-order valence-corrected chi connectivity index (χ0v) is 4.14. The lowest BCUT2D eigenvalue weighted by molar-refractivity contribution is -0.136. The molecular formula is C5H7O2. The average molecular weight is 99.1 g/mol. The van der Waals surface area contributed by atoms with E-state index in [1.165, 1.54) is 0 Å². The number of carboxylic acids is 1. The highest BCUT2D eigenvalue weighted by atomic mass is 16.4. The summed E-state index contributed by atoms with van der Waals surface area (Å²) in [7, 11) is 0. The second-order valence-electron chi connectivity index (χ2n) is 1.06. The second-order valence-corrected chi connectivity index (χ2v) is 1.06. The van der Waals surface area contributed by atoms with Gasteiger partial charge in [-0.2, -0.15) is 0 Å². The normalized spacial score (nSPS) is 9.86. The average Bonchev–Trinajstić information content (AvgIpc) is 1.61. The van der Waals surface area contributed by atoms with E-state index in [1.807, 2.05) is 0 Å². The zero-order chi connectivity index (χ0) is 5.70. The van der Waals surface area contributed by atoms with Crippen molar-refractivity contribution in [2.45, 2.75) is 13.3 Å². The van der Waals surface area contributed by atoms with Gasteiger partial charge in [-0.25, -0.2) is 0 Å². The summed E-state index contributed by atoms with van der Waals surface area (Å²) in [5.74, 6) is -0.835. The van der Waals surface area contributed by atoms with E-state index in [2.05, 4.69) is 6.08 Å². The van der Waals surface area contributed by atoms with Gasteiger partial charge in [0.2, 0.25) is 0 Å². The van der Waals surface area contributed by atoms with Crippen LogP contribution in [0.4, 0.5) is 0 Å². The molecule has 2 nitrogen and oxygen atoms in total. The van der Waals surface area contributed by atoms with E-state index >= 15 is 0 Å². The standard InChI is InChI=1S/C5H7O2/c1-2-3-4-5(6)7/h2H,4H2,1H3,(H,6,7). The number of rotatable bonds is 2. The molecule has 0 spiro atoms. The molecule has 1 radical (unpaired) electrons. The van der Waals surface area contributed by atoms with E-state index < -0.39 is 5.97 Å². The molecule has 0 aromatic carbocycles. The molecule has 39 valence electrons. The molecule has 0 unspecified atom stereocenters. The number of allylic oxidation sites excluding steroid dienone is 1. The third kappa shape index (κ3) is 5.21. The molecule has 2 heteroatoms. The number of aliphatic carboxylic acids is 1. The Morgan fingerprint density at radius 1 is 2.00 bits per heavy atom. The smallest absolute Gasteiger partial charge is 0.307 e. The van der Waals surface area contributed by atoms with Crippen molar-refractivity contribution >= 4 is 5.97 Å². The first-order valence-corrected chi connectivity index (χ1v) is 2.00. The molecule has 0 aromatic rings. The minimum absolute atomic E-state index is 0.0104. The van der Waals surface area contributed by atoms with Crippen LogP contribution >= 0.6 is 0 Å². The van der Waals surface area contributed by atoms with Crippen LogP contribution in [0, 0.1) is 6.08 Å². The van der Waals surface area contributed by atoms with Crippen molar-refractivity contribution in [1.29, 1.82) is 0 Å². The van der Waals surface area contributed by atoms with Crippen LogP contribution in [0.1, 0.15) is 13.3 Å². The van der Waals surface area contributed by atoms with Gasteiger partial charge in [0.25, 0.3) is 0 Å². The molecule has 0 fully saturated rings. The Kier molecular flexibility index (Phi) is 3.02. The highest BCUT2D eigenvalue weighted by molar-refractivity contribution is 5.67. The molecule has 1 N–H and O–H groups in total. The lowest BCUT2D eigenvalue weighted by Crippen LogP contribution is -1.89. The van der Waals surface area contributed by atoms with Crippen molar-refractivity contribution in [3.8, 4) is 0 Å². The molecule has 7 heavy (non-hydrogen) atoms. The Morgan fingerprint density at radius 2 is 2.57 bits per heavy atom. The Morgan fingerprint density at radius 3 is 2.71 bits per heavy atom. The Balaban J connectivity index is 3.14. The molecule has 0 saturated heterocycles. The monoisotopic (exact) mass is 99.0 g/mol. The van der Waals surface area contributed by atoms with Gasteiger partial charge in [-0.1, -0.05) is 6.08 Å². The second kappa shape index (κ2) is 3.40. The van der Waals surface area contributed by atoms with Crippen LogP contribution < -0.4 is 0 Å². The van der Waals surface area contributed by atoms with E-state index in [4.69, 9.17) is 5.11 Å². The Hall–Kier alpha value is -0.790. The van der Waals surface area contributed by atoms with E-state index in [9.17, 15) is 4.79 Å². The van der Waals surface area contributed by atoms with Crippen LogP contribution in [0.3, 0.4) is 0 Å². The summed E-state index contributed by atoms with van der Waals surface area (Å²) in [6, 6.07) is 0. The van der Waals surface area contributed by atoms with Gasteiger partial charge in [0.05, 0.1) is 6.42 Å². The van der Waals surface area contributed by atoms with Gasteiger partial charge >= 0.3 is 5.97 Å². The van der Waals surface area contributed by atoms with Crippen molar-refractivity contribution in [2.24, 2.45) is 0 Å². The topological polar surface area (TPSA) is 37.3 Å². The summed E-state index contributed by atoms with van der Waals surface area (Å²) in [6.07, 6.45) is 4.12. The van der Waals surface area contributed by atoms with Crippen LogP contribution in [0.25, 0.3) is 0 Å². The van der Waals surface area contributed by atoms with Crippen molar-refractivity contribution < 1.29 is 9.90 Å². The van der Waals surface area contributed by atoms with Gasteiger partial charge < -0.3 is 5.11 Å². The molecule has 0 aliphatic rings. The molecule has 0 saturated carbocycles. The van der Waals surface area contributed by atoms with Crippen LogP contribution in [0.15, 0.2) is 6.08 Å². The SMILES string of the molecule is C/C=[C]/CC(=O)O. The maximum Gasteiger partial charge on any atom is 0.307 e. The predicted octanol–water partition coefficient (Wildman–Crippen LogP) is 0.840. The van der Waals surface area contributed by atoms with Crippen LogP contribution in [-0.4, -0.2) is 11.1 Å². The third-order valence-electron chi connectivity index (χ3n) is 0.457. The van der Waals surface area contributed by atoms with E-state index in [-0.39, 0.29) is 6.42 Å². The van der Waals surface area contributed by atoms with Gasteiger partial charge in [-0.05, 0) is 13.0 Å². The maximum absolute atomic E-state index is 9.68. The molecule has 0 aliphatic carbocycles. The van der Waals surface area contributed by atoms with E-state index in [0.717, 1.165) is 0 Å². The van der Waals surface area contributed by atoms with Gasteiger partial charge in [0, 0.05) is 0 Å². The van der Waals surface area contributed by atoms with Gasteiger partial charge in [0.15, 0.2) is 0 Å². The molecule has 0 amide bonds. The summed E-state index contributed by atoms with van der Waals surface area (Å²) in [5.41, 5.74) is 0. The van der Waals surface area contributed by atoms with Crippen LogP contribution in [0.2, 0.25) is 0 Å².